The molecule has 0 radical (unpaired) electrons. The van der Waals surface area contributed by atoms with Gasteiger partial charge in [-0.2, -0.15) is 0 Å². The maximum atomic E-state index is 11.8. The highest BCUT2D eigenvalue weighted by Crippen LogP contribution is 2.19. The zero-order valence-electron chi connectivity index (χ0n) is 11.1. The Balaban J connectivity index is 1.74. The Labute approximate surface area is 138 Å². The molecule has 1 N–H and O–H groups in total. The Hall–Kier alpha value is -0.430. The molecule has 2 rings (SSSR count). The van der Waals surface area contributed by atoms with Crippen LogP contribution in [-0.4, -0.2) is 43.0 Å². The van der Waals surface area contributed by atoms with Crippen LogP contribution in [0.1, 0.15) is 5.56 Å². The van der Waals surface area contributed by atoms with E-state index in [1.165, 1.54) is 11.8 Å². The van der Waals surface area contributed by atoms with Gasteiger partial charge in [0.15, 0.2) is 9.84 Å². The van der Waals surface area contributed by atoms with Gasteiger partial charge in [0, 0.05) is 10.8 Å². The number of hydrogen-bond acceptors (Lipinski definition) is 4. The molecule has 0 saturated carbocycles. The predicted molar refractivity (Wildman–Crippen MR) is 87.8 cm³/mol. The van der Waals surface area contributed by atoms with Crippen molar-refractivity contribution >= 4 is 50.7 Å². The quantitative estimate of drug-likeness (QED) is 0.809. The number of benzene rings is 1. The molecule has 116 valence electrons. The molecular weight excluding hydrogens is 353 g/mol. The molecule has 1 aliphatic rings. The van der Waals surface area contributed by atoms with Crippen LogP contribution >= 0.6 is 35.0 Å². The van der Waals surface area contributed by atoms with Gasteiger partial charge >= 0.3 is 0 Å². The van der Waals surface area contributed by atoms with Gasteiger partial charge < -0.3 is 5.32 Å². The van der Waals surface area contributed by atoms with Gasteiger partial charge in [-0.05, 0) is 17.7 Å². The van der Waals surface area contributed by atoms with Gasteiger partial charge in [0.2, 0.25) is 5.91 Å². The van der Waals surface area contributed by atoms with E-state index in [0.717, 1.165) is 5.56 Å². The van der Waals surface area contributed by atoms with Crippen molar-refractivity contribution in [2.45, 2.75) is 17.2 Å². The number of hydrogen-bond donors (Lipinski definition) is 1. The number of carbonyl (C=O) groups is 1. The second kappa shape index (κ2) is 7.22. The summed E-state index contributed by atoms with van der Waals surface area (Å²) in [6, 6.07) is 6.94. The van der Waals surface area contributed by atoms with E-state index in [1.54, 1.807) is 12.1 Å². The SMILES string of the molecule is O=C(CSCc1ccc(Cl)cc1)N[C@H]1CS(=O)(=O)C[C@@H]1Cl. The molecular formula is C13H15Cl2NO3S2. The molecule has 1 aromatic carbocycles. The third-order valence-corrected chi connectivity index (χ3v) is 6.68. The average Bonchev–Trinajstić information content (AvgIpc) is 2.64. The number of amides is 1. The Bertz CT molecular complexity index is 604. The van der Waals surface area contributed by atoms with Crippen LogP contribution in [0.5, 0.6) is 0 Å². The van der Waals surface area contributed by atoms with E-state index >= 15 is 0 Å². The predicted octanol–water partition coefficient (Wildman–Crippen LogP) is 2.09. The lowest BCUT2D eigenvalue weighted by Crippen LogP contribution is -2.41. The van der Waals surface area contributed by atoms with Crippen LogP contribution in [0.15, 0.2) is 24.3 Å². The normalized spacial score (nSPS) is 23.9. The lowest BCUT2D eigenvalue weighted by atomic mass is 10.2. The molecule has 1 aromatic rings. The van der Waals surface area contributed by atoms with Crippen molar-refractivity contribution < 1.29 is 13.2 Å². The van der Waals surface area contributed by atoms with Gasteiger partial charge in [-0.15, -0.1) is 23.4 Å². The number of nitrogens with one attached hydrogen (secondary N) is 1. The van der Waals surface area contributed by atoms with Crippen LogP contribution in [0.2, 0.25) is 5.02 Å². The summed E-state index contributed by atoms with van der Waals surface area (Å²) in [5.41, 5.74) is 1.08. The van der Waals surface area contributed by atoms with Gasteiger partial charge in [-0.1, -0.05) is 23.7 Å². The summed E-state index contributed by atoms with van der Waals surface area (Å²) in [5, 5.41) is 2.82. The van der Waals surface area contributed by atoms with E-state index in [1.807, 2.05) is 12.1 Å². The monoisotopic (exact) mass is 367 g/mol. The molecule has 4 nitrogen and oxygen atoms in total. The number of halogens is 2. The topological polar surface area (TPSA) is 63.2 Å². The molecule has 1 aliphatic heterocycles. The van der Waals surface area contributed by atoms with Gasteiger partial charge in [0.05, 0.1) is 28.7 Å². The average molecular weight is 368 g/mol. The second-order valence-electron chi connectivity index (χ2n) is 4.89. The Morgan fingerprint density at radius 2 is 1.95 bits per heavy atom. The molecule has 0 unspecified atom stereocenters. The number of alkyl halides is 1. The van der Waals surface area contributed by atoms with E-state index in [-0.39, 0.29) is 23.2 Å². The molecule has 0 aliphatic carbocycles. The van der Waals surface area contributed by atoms with Crippen molar-refractivity contribution in [3.05, 3.63) is 34.9 Å². The fraction of sp³-hybridized carbons (Fsp3) is 0.462. The van der Waals surface area contributed by atoms with E-state index in [9.17, 15) is 13.2 Å². The summed E-state index contributed by atoms with van der Waals surface area (Å²) in [4.78, 5) is 11.8. The summed E-state index contributed by atoms with van der Waals surface area (Å²) < 4.78 is 22.8. The van der Waals surface area contributed by atoms with E-state index in [0.29, 0.717) is 10.8 Å². The van der Waals surface area contributed by atoms with E-state index in [2.05, 4.69) is 5.32 Å². The molecule has 1 heterocycles. The zero-order chi connectivity index (χ0) is 15.5. The first kappa shape index (κ1) is 16.9. The van der Waals surface area contributed by atoms with Crippen LogP contribution in [0.25, 0.3) is 0 Å². The van der Waals surface area contributed by atoms with Crippen LogP contribution < -0.4 is 5.32 Å². The Kier molecular flexibility index (Phi) is 5.82. The van der Waals surface area contributed by atoms with Crippen molar-refractivity contribution in [1.29, 1.82) is 0 Å². The van der Waals surface area contributed by atoms with Crippen LogP contribution in [-0.2, 0) is 20.4 Å². The summed E-state index contributed by atoms with van der Waals surface area (Å²) in [7, 11) is -3.12. The van der Waals surface area contributed by atoms with Crippen molar-refractivity contribution in [2.75, 3.05) is 17.3 Å². The van der Waals surface area contributed by atoms with Gasteiger partial charge in [0.25, 0.3) is 0 Å². The summed E-state index contributed by atoms with van der Waals surface area (Å²) in [6.45, 7) is 0. The molecule has 1 amide bonds. The highest BCUT2D eigenvalue weighted by atomic mass is 35.5. The first-order chi connectivity index (χ1) is 9.85. The minimum Gasteiger partial charge on any atom is -0.350 e. The Morgan fingerprint density at radius 1 is 1.29 bits per heavy atom. The van der Waals surface area contributed by atoms with Crippen LogP contribution in [0, 0.1) is 0 Å². The Morgan fingerprint density at radius 3 is 2.52 bits per heavy atom. The molecule has 1 saturated heterocycles. The highest BCUT2D eigenvalue weighted by Gasteiger charge is 2.37. The number of sulfone groups is 1. The lowest BCUT2D eigenvalue weighted by molar-refractivity contribution is -0.119. The largest absolute Gasteiger partial charge is 0.350 e. The summed E-state index contributed by atoms with van der Waals surface area (Å²) >= 11 is 13.2. The third-order valence-electron chi connectivity index (χ3n) is 3.04. The lowest BCUT2D eigenvalue weighted by Gasteiger charge is -2.14. The molecule has 0 aromatic heterocycles. The van der Waals surface area contributed by atoms with Crippen molar-refractivity contribution in [3.63, 3.8) is 0 Å². The van der Waals surface area contributed by atoms with E-state index < -0.39 is 21.3 Å². The zero-order valence-corrected chi connectivity index (χ0v) is 14.2. The highest BCUT2D eigenvalue weighted by molar-refractivity contribution is 7.99. The maximum absolute atomic E-state index is 11.8. The summed E-state index contributed by atoms with van der Waals surface area (Å²) in [5.74, 6) is 0.619. The van der Waals surface area contributed by atoms with Crippen LogP contribution in [0.3, 0.4) is 0 Å². The van der Waals surface area contributed by atoms with Crippen molar-refractivity contribution in [1.82, 2.24) is 5.32 Å². The number of thioether (sulfide) groups is 1. The molecule has 1 fully saturated rings. The van der Waals surface area contributed by atoms with Crippen molar-refractivity contribution in [3.8, 4) is 0 Å². The second-order valence-corrected chi connectivity index (χ2v) is 9.02. The molecule has 0 spiro atoms. The van der Waals surface area contributed by atoms with Crippen molar-refractivity contribution in [2.24, 2.45) is 0 Å². The number of carbonyl (C=O) groups excluding carboxylic acids is 1. The minimum absolute atomic E-state index is 0.0720. The van der Waals surface area contributed by atoms with Gasteiger partial charge in [-0.25, -0.2) is 8.42 Å². The first-order valence-corrected chi connectivity index (χ1v) is 10.1. The van der Waals surface area contributed by atoms with E-state index in [4.69, 9.17) is 23.2 Å². The minimum atomic E-state index is -3.12. The molecule has 8 heteroatoms. The van der Waals surface area contributed by atoms with Gasteiger partial charge in [0.1, 0.15) is 0 Å². The summed E-state index contributed by atoms with van der Waals surface area (Å²) in [6.07, 6.45) is 0. The fourth-order valence-electron chi connectivity index (χ4n) is 2.03. The smallest absolute Gasteiger partial charge is 0.230 e. The third kappa shape index (κ3) is 5.36. The van der Waals surface area contributed by atoms with Gasteiger partial charge in [-0.3, -0.25) is 4.79 Å². The standard InChI is InChI=1S/C13H15Cl2NO3S2/c14-10-3-1-9(2-4-10)5-20-6-13(17)16-12-8-21(18,19)7-11(12)15/h1-4,11-12H,5-8H2,(H,16,17)/t11-,12-/m0/s1. The van der Waals surface area contributed by atoms with Crippen LogP contribution in [0.4, 0.5) is 0 Å². The number of rotatable bonds is 5. The fourth-order valence-corrected chi connectivity index (χ4v) is 5.50. The first-order valence-electron chi connectivity index (χ1n) is 6.32. The molecule has 0 bridgehead atoms. The molecule has 21 heavy (non-hydrogen) atoms. The maximum Gasteiger partial charge on any atom is 0.230 e. The molecule has 2 atom stereocenters.